The van der Waals surface area contributed by atoms with Crippen LogP contribution in [0.4, 0.5) is 5.82 Å². The molecule has 5 nitrogen and oxygen atoms in total. The number of anilines is 1. The highest BCUT2D eigenvalue weighted by molar-refractivity contribution is 5.80. The molecule has 1 aromatic heterocycles. The van der Waals surface area contributed by atoms with Gasteiger partial charge in [-0.1, -0.05) is 60.7 Å². The van der Waals surface area contributed by atoms with Gasteiger partial charge in [0.25, 0.3) is 0 Å². The summed E-state index contributed by atoms with van der Waals surface area (Å²) in [7, 11) is 0. The Balaban J connectivity index is 1.38. The lowest BCUT2D eigenvalue weighted by Crippen LogP contribution is -2.00. The molecule has 0 spiro atoms. The van der Waals surface area contributed by atoms with E-state index < -0.39 is 0 Å². The van der Waals surface area contributed by atoms with Crippen LogP contribution in [0.2, 0.25) is 0 Å². The molecule has 0 saturated heterocycles. The van der Waals surface area contributed by atoms with Gasteiger partial charge in [0.1, 0.15) is 41.3 Å². The van der Waals surface area contributed by atoms with E-state index in [-0.39, 0.29) is 5.82 Å². The summed E-state index contributed by atoms with van der Waals surface area (Å²) in [5.41, 5.74) is 10.8. The van der Waals surface area contributed by atoms with E-state index >= 15 is 0 Å². The SMILES string of the molecule is N#Cc1c(-c2ccc(OCc3ccccc3)cc2)cc(-c2ccc(Oc3ccccc3)cc2)nc1N. The largest absolute Gasteiger partial charge is 0.489 e. The van der Waals surface area contributed by atoms with Gasteiger partial charge in [0.15, 0.2) is 0 Å². The molecular weight excluding hydrogens is 446 g/mol. The number of hydrogen-bond donors (Lipinski definition) is 1. The first-order valence-corrected chi connectivity index (χ1v) is 11.5. The lowest BCUT2D eigenvalue weighted by atomic mass is 9.98. The number of aromatic nitrogens is 1. The third kappa shape index (κ3) is 5.19. The summed E-state index contributed by atoms with van der Waals surface area (Å²) < 4.78 is 11.8. The molecule has 174 valence electrons. The fourth-order valence-corrected chi connectivity index (χ4v) is 3.85. The summed E-state index contributed by atoms with van der Waals surface area (Å²) in [5.74, 6) is 2.43. The van der Waals surface area contributed by atoms with Crippen molar-refractivity contribution in [3.05, 3.63) is 126 Å². The molecule has 0 bridgehead atoms. The van der Waals surface area contributed by atoms with Crippen molar-refractivity contribution in [2.45, 2.75) is 6.61 Å². The van der Waals surface area contributed by atoms with Crippen molar-refractivity contribution in [2.75, 3.05) is 5.73 Å². The van der Waals surface area contributed by atoms with Gasteiger partial charge in [-0.25, -0.2) is 4.98 Å². The van der Waals surface area contributed by atoms with Gasteiger partial charge in [-0.15, -0.1) is 0 Å². The second-order valence-electron chi connectivity index (χ2n) is 8.17. The molecule has 2 N–H and O–H groups in total. The van der Waals surface area contributed by atoms with Gasteiger partial charge in [-0.2, -0.15) is 5.26 Å². The van der Waals surface area contributed by atoms with Crippen LogP contribution < -0.4 is 15.2 Å². The lowest BCUT2D eigenvalue weighted by molar-refractivity contribution is 0.306. The maximum Gasteiger partial charge on any atom is 0.142 e. The summed E-state index contributed by atoms with van der Waals surface area (Å²) in [6, 6.07) is 39.0. The van der Waals surface area contributed by atoms with Gasteiger partial charge >= 0.3 is 0 Å². The van der Waals surface area contributed by atoms with Crippen molar-refractivity contribution in [3.63, 3.8) is 0 Å². The van der Waals surface area contributed by atoms with E-state index in [1.54, 1.807) is 0 Å². The fourth-order valence-electron chi connectivity index (χ4n) is 3.85. The van der Waals surface area contributed by atoms with Crippen LogP contribution in [-0.2, 0) is 6.61 Å². The summed E-state index contributed by atoms with van der Waals surface area (Å²) in [6.45, 7) is 0.486. The first kappa shape index (κ1) is 22.7. The van der Waals surface area contributed by atoms with Crippen molar-refractivity contribution >= 4 is 5.82 Å². The van der Waals surface area contributed by atoms with Gasteiger partial charge in [0.05, 0.1) is 5.69 Å². The highest BCUT2D eigenvalue weighted by Gasteiger charge is 2.14. The third-order valence-electron chi connectivity index (χ3n) is 5.70. The molecule has 0 atom stereocenters. The van der Waals surface area contributed by atoms with E-state index in [1.807, 2.05) is 115 Å². The Morgan fingerprint density at radius 3 is 1.94 bits per heavy atom. The Morgan fingerprint density at radius 2 is 1.28 bits per heavy atom. The molecule has 0 saturated carbocycles. The number of nitriles is 1. The Hall–Kier alpha value is -5.08. The fraction of sp³-hybridized carbons (Fsp3) is 0.0323. The number of nitrogens with zero attached hydrogens (tertiary/aromatic N) is 2. The van der Waals surface area contributed by atoms with Crippen LogP contribution in [0.1, 0.15) is 11.1 Å². The number of nitrogens with two attached hydrogens (primary N) is 1. The van der Waals surface area contributed by atoms with Crippen LogP contribution in [0.25, 0.3) is 22.4 Å². The Morgan fingerprint density at radius 1 is 0.694 bits per heavy atom. The van der Waals surface area contributed by atoms with Crippen molar-refractivity contribution in [3.8, 4) is 45.7 Å². The quantitative estimate of drug-likeness (QED) is 0.272. The highest BCUT2D eigenvalue weighted by atomic mass is 16.5. The third-order valence-corrected chi connectivity index (χ3v) is 5.70. The maximum absolute atomic E-state index is 9.75. The maximum atomic E-state index is 9.75. The molecule has 0 fully saturated rings. The molecule has 5 rings (SSSR count). The number of nitrogen functional groups attached to an aromatic ring is 1. The Kier molecular flexibility index (Phi) is 6.59. The topological polar surface area (TPSA) is 81.2 Å². The molecule has 0 unspecified atom stereocenters. The monoisotopic (exact) mass is 469 g/mol. The number of rotatable bonds is 7. The molecule has 0 aliphatic carbocycles. The smallest absolute Gasteiger partial charge is 0.142 e. The zero-order valence-electron chi connectivity index (χ0n) is 19.5. The van der Waals surface area contributed by atoms with Gasteiger partial charge in [-0.3, -0.25) is 0 Å². The minimum absolute atomic E-state index is 0.194. The first-order valence-electron chi connectivity index (χ1n) is 11.5. The van der Waals surface area contributed by atoms with Gasteiger partial charge in [-0.05, 0) is 65.7 Å². The van der Waals surface area contributed by atoms with Crippen LogP contribution in [0.3, 0.4) is 0 Å². The average Bonchev–Trinajstić information content (AvgIpc) is 2.93. The van der Waals surface area contributed by atoms with Gasteiger partial charge in [0, 0.05) is 11.1 Å². The summed E-state index contributed by atoms with van der Waals surface area (Å²) in [5, 5.41) is 9.75. The molecule has 5 heteroatoms. The number of hydrogen-bond acceptors (Lipinski definition) is 5. The van der Waals surface area contributed by atoms with Crippen LogP contribution in [0.5, 0.6) is 17.2 Å². The van der Waals surface area contributed by atoms with Crippen LogP contribution in [-0.4, -0.2) is 4.98 Å². The molecule has 0 radical (unpaired) electrons. The molecule has 5 aromatic rings. The van der Waals surface area contributed by atoms with E-state index in [1.165, 1.54) is 0 Å². The van der Waals surface area contributed by atoms with E-state index in [2.05, 4.69) is 11.1 Å². The first-order chi connectivity index (χ1) is 17.7. The van der Waals surface area contributed by atoms with Crippen LogP contribution >= 0.6 is 0 Å². The van der Waals surface area contributed by atoms with E-state index in [9.17, 15) is 5.26 Å². The minimum atomic E-state index is 0.194. The molecule has 1 heterocycles. The summed E-state index contributed by atoms with van der Waals surface area (Å²) in [4.78, 5) is 4.48. The average molecular weight is 470 g/mol. The van der Waals surface area contributed by atoms with E-state index in [0.717, 1.165) is 39.5 Å². The lowest BCUT2D eigenvalue weighted by Gasteiger charge is -2.12. The molecule has 36 heavy (non-hydrogen) atoms. The highest BCUT2D eigenvalue weighted by Crippen LogP contribution is 2.33. The van der Waals surface area contributed by atoms with Crippen molar-refractivity contribution in [2.24, 2.45) is 0 Å². The van der Waals surface area contributed by atoms with Gasteiger partial charge < -0.3 is 15.2 Å². The number of benzene rings is 4. The summed E-state index contributed by atoms with van der Waals surface area (Å²) in [6.07, 6.45) is 0. The Bertz CT molecular complexity index is 1490. The predicted molar refractivity (Wildman–Crippen MR) is 142 cm³/mol. The van der Waals surface area contributed by atoms with Crippen molar-refractivity contribution in [1.29, 1.82) is 5.26 Å². The molecule has 0 aliphatic heterocycles. The number of para-hydroxylation sites is 1. The predicted octanol–water partition coefficient (Wildman–Crippen LogP) is 7.24. The normalized spacial score (nSPS) is 10.4. The molecular formula is C31H23N3O2. The molecule has 0 aliphatic rings. The van der Waals surface area contributed by atoms with Crippen molar-refractivity contribution < 1.29 is 9.47 Å². The van der Waals surface area contributed by atoms with Crippen LogP contribution in [0.15, 0.2) is 115 Å². The molecule has 4 aromatic carbocycles. The van der Waals surface area contributed by atoms with E-state index in [4.69, 9.17) is 15.2 Å². The minimum Gasteiger partial charge on any atom is -0.489 e. The van der Waals surface area contributed by atoms with E-state index in [0.29, 0.717) is 17.9 Å². The second-order valence-corrected chi connectivity index (χ2v) is 8.17. The number of pyridine rings is 1. The summed E-state index contributed by atoms with van der Waals surface area (Å²) >= 11 is 0. The standard InChI is InChI=1S/C31H23N3O2/c32-20-29-28(23-11-15-25(16-12-23)35-21-22-7-3-1-4-8-22)19-30(34-31(29)33)24-13-17-27(18-14-24)36-26-9-5-2-6-10-26/h1-19H,21H2,(H2,33,34). The van der Waals surface area contributed by atoms with Gasteiger partial charge in [0.2, 0.25) is 0 Å². The van der Waals surface area contributed by atoms with Crippen LogP contribution in [0, 0.1) is 11.3 Å². The second kappa shape index (κ2) is 10.5. The van der Waals surface area contributed by atoms with Crippen molar-refractivity contribution in [1.82, 2.24) is 4.98 Å². The zero-order valence-corrected chi connectivity index (χ0v) is 19.5. The Labute approximate surface area is 210 Å². The molecule has 0 amide bonds. The number of ether oxygens (including phenoxy) is 2. The zero-order chi connectivity index (χ0) is 24.7.